The van der Waals surface area contributed by atoms with Crippen molar-refractivity contribution in [3.63, 3.8) is 0 Å². The molecule has 0 saturated carbocycles. The van der Waals surface area contributed by atoms with Crippen LogP contribution < -0.4 is 11.1 Å². The standard InChI is InChI=1S/C19H18ClN5O/c1-2-10-3-4-11(20)7-13(10)16-14(18(21)26)8-15(25-16)17-12-5-6-22-19(12)24-9-23-17/h3-4,7-9,25H,2,5-6H2,1H3,(H2,21,26)(H,22,23,24). The van der Waals surface area contributed by atoms with Gasteiger partial charge >= 0.3 is 0 Å². The Morgan fingerprint density at radius 2 is 2.15 bits per heavy atom. The second-order valence-electron chi connectivity index (χ2n) is 6.22. The Morgan fingerprint density at radius 3 is 2.92 bits per heavy atom. The Balaban J connectivity index is 1.92. The Labute approximate surface area is 155 Å². The van der Waals surface area contributed by atoms with Crippen molar-refractivity contribution in [2.75, 3.05) is 11.9 Å². The van der Waals surface area contributed by atoms with Gasteiger partial charge in [-0.2, -0.15) is 0 Å². The van der Waals surface area contributed by atoms with E-state index in [-0.39, 0.29) is 0 Å². The number of aromatic amines is 1. The van der Waals surface area contributed by atoms with Crippen molar-refractivity contribution in [3.05, 3.63) is 52.3 Å². The van der Waals surface area contributed by atoms with Gasteiger partial charge in [-0.05, 0) is 36.6 Å². The van der Waals surface area contributed by atoms with E-state index in [1.165, 1.54) is 6.33 Å². The lowest BCUT2D eigenvalue weighted by Crippen LogP contribution is -2.11. The van der Waals surface area contributed by atoms with Gasteiger partial charge in [0.1, 0.15) is 12.1 Å². The van der Waals surface area contributed by atoms with Crippen LogP contribution in [0.2, 0.25) is 5.02 Å². The lowest BCUT2D eigenvalue weighted by molar-refractivity contribution is 0.100. The molecular formula is C19H18ClN5O. The van der Waals surface area contributed by atoms with Crippen LogP contribution in [-0.2, 0) is 12.8 Å². The monoisotopic (exact) mass is 367 g/mol. The smallest absolute Gasteiger partial charge is 0.250 e. The first-order chi connectivity index (χ1) is 12.6. The number of aryl methyl sites for hydroxylation is 1. The number of hydrogen-bond donors (Lipinski definition) is 3. The first-order valence-corrected chi connectivity index (χ1v) is 8.86. The second kappa shape index (κ2) is 6.46. The number of nitrogens with one attached hydrogen (secondary N) is 2. The Hall–Kier alpha value is -2.86. The molecule has 1 aliphatic rings. The number of halogens is 1. The number of benzene rings is 1. The van der Waals surface area contributed by atoms with Crippen molar-refractivity contribution in [3.8, 4) is 22.6 Å². The highest BCUT2D eigenvalue weighted by atomic mass is 35.5. The van der Waals surface area contributed by atoms with Gasteiger partial charge in [0.05, 0.1) is 22.6 Å². The van der Waals surface area contributed by atoms with Gasteiger partial charge < -0.3 is 16.0 Å². The van der Waals surface area contributed by atoms with Crippen LogP contribution >= 0.6 is 11.6 Å². The summed E-state index contributed by atoms with van der Waals surface area (Å²) in [6, 6.07) is 7.43. The molecule has 7 heteroatoms. The number of rotatable bonds is 4. The number of H-pyrrole nitrogens is 1. The molecule has 0 fully saturated rings. The summed E-state index contributed by atoms with van der Waals surface area (Å²) in [5, 5.41) is 3.85. The number of hydrogen-bond acceptors (Lipinski definition) is 4. The van der Waals surface area contributed by atoms with Crippen LogP contribution in [0.4, 0.5) is 5.82 Å². The average Bonchev–Trinajstić information content (AvgIpc) is 3.28. The topological polar surface area (TPSA) is 96.7 Å². The summed E-state index contributed by atoms with van der Waals surface area (Å²) < 4.78 is 0. The summed E-state index contributed by atoms with van der Waals surface area (Å²) in [7, 11) is 0. The molecule has 2 aromatic heterocycles. The number of carbonyl (C=O) groups is 1. The highest BCUT2D eigenvalue weighted by molar-refractivity contribution is 6.31. The van der Waals surface area contributed by atoms with Gasteiger partial charge in [0, 0.05) is 22.7 Å². The highest BCUT2D eigenvalue weighted by Gasteiger charge is 2.22. The van der Waals surface area contributed by atoms with Crippen molar-refractivity contribution < 1.29 is 4.79 Å². The quantitative estimate of drug-likeness (QED) is 0.658. The van der Waals surface area contributed by atoms with Crippen LogP contribution in [0.15, 0.2) is 30.6 Å². The maximum atomic E-state index is 12.1. The summed E-state index contributed by atoms with van der Waals surface area (Å²) in [5.74, 6) is 0.345. The molecular weight excluding hydrogens is 350 g/mol. The molecule has 0 spiro atoms. The molecule has 4 N–H and O–H groups in total. The fourth-order valence-corrected chi connectivity index (χ4v) is 3.59. The molecule has 0 unspecified atom stereocenters. The van der Waals surface area contributed by atoms with Gasteiger partial charge in [-0.3, -0.25) is 4.79 Å². The second-order valence-corrected chi connectivity index (χ2v) is 6.65. The molecule has 0 aliphatic carbocycles. The molecule has 1 aromatic carbocycles. The van der Waals surface area contributed by atoms with E-state index in [4.69, 9.17) is 17.3 Å². The molecule has 4 rings (SSSR count). The Bertz CT molecular complexity index is 1010. The van der Waals surface area contributed by atoms with E-state index in [9.17, 15) is 4.79 Å². The third-order valence-electron chi connectivity index (χ3n) is 4.67. The summed E-state index contributed by atoms with van der Waals surface area (Å²) in [5.41, 5.74) is 11.3. The van der Waals surface area contributed by atoms with Gasteiger partial charge in [0.25, 0.3) is 5.91 Å². The summed E-state index contributed by atoms with van der Waals surface area (Å²) in [4.78, 5) is 24.1. The van der Waals surface area contributed by atoms with Crippen molar-refractivity contribution in [1.29, 1.82) is 0 Å². The first kappa shape index (κ1) is 16.6. The molecule has 0 radical (unpaired) electrons. The number of carbonyl (C=O) groups excluding carboxylic acids is 1. The fraction of sp³-hybridized carbons (Fsp3) is 0.211. The lowest BCUT2D eigenvalue weighted by atomic mass is 10.00. The minimum atomic E-state index is -0.492. The molecule has 3 aromatic rings. The van der Waals surface area contributed by atoms with E-state index in [0.29, 0.717) is 16.3 Å². The average molecular weight is 368 g/mol. The van der Waals surface area contributed by atoms with Crippen LogP contribution in [0.5, 0.6) is 0 Å². The summed E-state index contributed by atoms with van der Waals surface area (Å²) >= 11 is 6.20. The molecule has 26 heavy (non-hydrogen) atoms. The van der Waals surface area contributed by atoms with E-state index < -0.39 is 5.91 Å². The number of amides is 1. The molecule has 132 valence electrons. The van der Waals surface area contributed by atoms with Crippen LogP contribution in [0.1, 0.15) is 28.4 Å². The molecule has 0 atom stereocenters. The van der Waals surface area contributed by atoms with Crippen LogP contribution in [0.3, 0.4) is 0 Å². The van der Waals surface area contributed by atoms with Gasteiger partial charge in [0.2, 0.25) is 0 Å². The molecule has 3 heterocycles. The number of anilines is 1. The van der Waals surface area contributed by atoms with Crippen LogP contribution in [0.25, 0.3) is 22.6 Å². The maximum Gasteiger partial charge on any atom is 0.250 e. The van der Waals surface area contributed by atoms with Crippen LogP contribution in [0, 0.1) is 0 Å². The van der Waals surface area contributed by atoms with Crippen molar-refractivity contribution in [2.45, 2.75) is 19.8 Å². The zero-order chi connectivity index (χ0) is 18.3. The highest BCUT2D eigenvalue weighted by Crippen LogP contribution is 2.35. The predicted octanol–water partition coefficient (Wildman–Crippen LogP) is 3.42. The SMILES string of the molecule is CCc1ccc(Cl)cc1-c1[nH]c(-c2ncnc3c2CCN3)cc1C(N)=O. The first-order valence-electron chi connectivity index (χ1n) is 8.48. The predicted molar refractivity (Wildman–Crippen MR) is 102 cm³/mol. The number of nitrogens with two attached hydrogens (primary N) is 1. The summed E-state index contributed by atoms with van der Waals surface area (Å²) in [6.45, 7) is 2.88. The fourth-order valence-electron chi connectivity index (χ4n) is 3.42. The number of aromatic nitrogens is 3. The van der Waals surface area contributed by atoms with Crippen molar-refractivity contribution in [1.82, 2.24) is 15.0 Å². The van der Waals surface area contributed by atoms with Crippen LogP contribution in [-0.4, -0.2) is 27.4 Å². The largest absolute Gasteiger partial charge is 0.369 e. The maximum absolute atomic E-state index is 12.1. The minimum absolute atomic E-state index is 0.426. The number of fused-ring (bicyclic) bond motifs is 1. The molecule has 0 bridgehead atoms. The normalized spacial score (nSPS) is 12.7. The van der Waals surface area contributed by atoms with E-state index in [1.54, 1.807) is 6.07 Å². The third-order valence-corrected chi connectivity index (χ3v) is 4.91. The zero-order valence-corrected chi connectivity index (χ0v) is 15.0. The van der Waals surface area contributed by atoms with E-state index >= 15 is 0 Å². The molecule has 1 aliphatic heterocycles. The Morgan fingerprint density at radius 1 is 1.31 bits per heavy atom. The van der Waals surface area contributed by atoms with E-state index in [1.807, 2.05) is 18.2 Å². The van der Waals surface area contributed by atoms with E-state index in [2.05, 4.69) is 27.2 Å². The molecule has 0 saturated heterocycles. The van der Waals surface area contributed by atoms with E-state index in [0.717, 1.165) is 53.3 Å². The lowest BCUT2D eigenvalue weighted by Gasteiger charge is -2.09. The number of primary amides is 1. The van der Waals surface area contributed by atoms with Gasteiger partial charge in [-0.15, -0.1) is 0 Å². The summed E-state index contributed by atoms with van der Waals surface area (Å²) in [6.07, 6.45) is 3.17. The zero-order valence-electron chi connectivity index (χ0n) is 14.3. The number of nitrogens with zero attached hydrogens (tertiary/aromatic N) is 2. The van der Waals surface area contributed by atoms with Gasteiger partial charge in [0.15, 0.2) is 0 Å². The minimum Gasteiger partial charge on any atom is -0.369 e. The Kier molecular flexibility index (Phi) is 4.12. The molecule has 1 amide bonds. The molecule has 6 nitrogen and oxygen atoms in total. The third kappa shape index (κ3) is 2.72. The van der Waals surface area contributed by atoms with Crippen molar-refractivity contribution >= 4 is 23.3 Å². The van der Waals surface area contributed by atoms with Gasteiger partial charge in [-0.25, -0.2) is 9.97 Å². The van der Waals surface area contributed by atoms with Crippen molar-refractivity contribution in [2.24, 2.45) is 5.73 Å². The van der Waals surface area contributed by atoms with Gasteiger partial charge in [-0.1, -0.05) is 24.6 Å².